The highest BCUT2D eigenvalue weighted by molar-refractivity contribution is 7.89. The first-order valence-electron chi connectivity index (χ1n) is 9.38. The van der Waals surface area contributed by atoms with Gasteiger partial charge < -0.3 is 10.5 Å². The van der Waals surface area contributed by atoms with Crippen LogP contribution >= 0.6 is 0 Å². The molecule has 11 heteroatoms. The lowest BCUT2D eigenvalue weighted by atomic mass is 9.66. The molecule has 0 saturated heterocycles. The Hall–Kier alpha value is -3.23. The number of imidazole rings is 1. The molecule has 10 nitrogen and oxygen atoms in total. The lowest BCUT2D eigenvalue weighted by Gasteiger charge is -2.43. The summed E-state index contributed by atoms with van der Waals surface area (Å²) in [5.74, 6) is 1.03. The Kier molecular flexibility index (Phi) is 3.84. The van der Waals surface area contributed by atoms with Crippen LogP contribution in [0.25, 0.3) is 17.0 Å². The second-order valence-electron chi connectivity index (χ2n) is 8.02. The van der Waals surface area contributed by atoms with E-state index in [0.717, 1.165) is 6.42 Å². The van der Waals surface area contributed by atoms with E-state index in [1.165, 1.54) is 30.0 Å². The van der Waals surface area contributed by atoms with Crippen LogP contribution in [-0.4, -0.2) is 40.4 Å². The molecule has 30 heavy (non-hydrogen) atoms. The third-order valence-electron chi connectivity index (χ3n) is 6.08. The lowest BCUT2D eigenvalue weighted by molar-refractivity contribution is 0.161. The first kappa shape index (κ1) is 18.8. The molecule has 2 heterocycles. The number of aromatic nitrogens is 4. The van der Waals surface area contributed by atoms with E-state index in [0.29, 0.717) is 42.0 Å². The van der Waals surface area contributed by atoms with Gasteiger partial charge in [-0.05, 0) is 43.9 Å². The second-order valence-corrected chi connectivity index (χ2v) is 9.70. The van der Waals surface area contributed by atoms with E-state index in [1.807, 2.05) is 0 Å². The second kappa shape index (κ2) is 6.13. The molecule has 0 radical (unpaired) electrons. The highest BCUT2D eigenvalue weighted by atomic mass is 32.2. The third kappa shape index (κ3) is 2.72. The zero-order chi connectivity index (χ0) is 21.1. The predicted octanol–water partition coefficient (Wildman–Crippen LogP) is 1.50. The molecule has 2 bridgehead atoms. The third-order valence-corrected chi connectivity index (χ3v) is 7.65. The Morgan fingerprint density at radius 1 is 1.30 bits per heavy atom. The minimum Gasteiger partial charge on any atom is -0.496 e. The summed E-state index contributed by atoms with van der Waals surface area (Å²) in [5.41, 5.74) is 5.92. The molecule has 154 valence electrons. The topological polar surface area (TPSA) is 148 Å². The Morgan fingerprint density at radius 2 is 2.10 bits per heavy atom. The van der Waals surface area contributed by atoms with Crippen molar-refractivity contribution in [2.75, 3.05) is 12.8 Å². The minimum absolute atomic E-state index is 0.102. The van der Waals surface area contributed by atoms with Crippen LogP contribution in [-0.2, 0) is 10.0 Å². The van der Waals surface area contributed by atoms with E-state index in [-0.39, 0.29) is 16.3 Å². The lowest BCUT2D eigenvalue weighted by Crippen LogP contribution is -2.55. The molecule has 0 atom stereocenters. The van der Waals surface area contributed by atoms with Gasteiger partial charge in [0, 0.05) is 17.3 Å². The van der Waals surface area contributed by atoms with Gasteiger partial charge in [0.15, 0.2) is 0 Å². The molecular weight excluding hydrogens is 406 g/mol. The van der Waals surface area contributed by atoms with Gasteiger partial charge in [-0.3, -0.25) is 4.40 Å². The van der Waals surface area contributed by atoms with Crippen LogP contribution in [0, 0.1) is 16.7 Å². The molecule has 1 aromatic carbocycles. The number of hydrogen-bond acceptors (Lipinski definition) is 8. The number of nitriles is 1. The standard InChI is InChI=1S/C19H19N7O3S/c1-29-15-3-2-12(30(27,28)25-19-5-4-18(8-19,9-19)10-20)6-13(15)14-7-26-16(21)22-11-23-17(26)24-14/h2-3,6-7,11,25H,4-5,8-9H2,1H3,(H2,21,22,23,24). The number of nitrogen functional groups attached to an aromatic ring is 1. The number of rotatable bonds is 5. The van der Waals surface area contributed by atoms with Gasteiger partial charge in [0.1, 0.15) is 12.1 Å². The first-order valence-corrected chi connectivity index (χ1v) is 10.9. The van der Waals surface area contributed by atoms with E-state index >= 15 is 0 Å². The highest BCUT2D eigenvalue weighted by Crippen LogP contribution is 2.61. The summed E-state index contributed by atoms with van der Waals surface area (Å²) in [6, 6.07) is 6.95. The van der Waals surface area contributed by atoms with Crippen molar-refractivity contribution in [2.45, 2.75) is 36.1 Å². The summed E-state index contributed by atoms with van der Waals surface area (Å²) < 4.78 is 36.0. The number of ether oxygens (including phenoxy) is 1. The van der Waals surface area contributed by atoms with Crippen molar-refractivity contribution >= 4 is 21.7 Å². The maximum Gasteiger partial charge on any atom is 0.241 e. The van der Waals surface area contributed by atoms with Crippen molar-refractivity contribution in [3.05, 3.63) is 30.7 Å². The number of sulfonamides is 1. The number of fused-ring (bicyclic) bond motifs is 2. The molecule has 3 aromatic rings. The van der Waals surface area contributed by atoms with Crippen molar-refractivity contribution in [1.29, 1.82) is 5.26 Å². The van der Waals surface area contributed by atoms with Crippen LogP contribution in [0.2, 0.25) is 0 Å². The van der Waals surface area contributed by atoms with Crippen molar-refractivity contribution in [3.8, 4) is 23.1 Å². The van der Waals surface area contributed by atoms with Gasteiger partial charge in [-0.15, -0.1) is 0 Å². The molecule has 3 saturated carbocycles. The molecule has 0 aliphatic heterocycles. The zero-order valence-corrected chi connectivity index (χ0v) is 17.0. The number of nitrogens with zero attached hydrogens (tertiary/aromatic N) is 5. The Balaban J connectivity index is 1.53. The van der Waals surface area contributed by atoms with Crippen LogP contribution in [0.4, 0.5) is 5.95 Å². The molecule has 2 aromatic heterocycles. The molecule has 6 rings (SSSR count). The minimum atomic E-state index is -3.80. The SMILES string of the molecule is COc1ccc(S(=O)(=O)NC23CCC(C#N)(C2)C3)cc1-c1cn2c(N)ncnc2n1. The maximum absolute atomic E-state index is 13.1. The fraction of sp³-hybridized carbons (Fsp3) is 0.368. The number of benzene rings is 1. The summed E-state index contributed by atoms with van der Waals surface area (Å²) >= 11 is 0. The van der Waals surface area contributed by atoms with E-state index in [1.54, 1.807) is 12.3 Å². The molecule has 3 aliphatic carbocycles. The molecule has 0 spiro atoms. The van der Waals surface area contributed by atoms with Crippen molar-refractivity contribution in [3.63, 3.8) is 0 Å². The van der Waals surface area contributed by atoms with Crippen LogP contribution in [0.1, 0.15) is 25.7 Å². The Morgan fingerprint density at radius 3 is 2.77 bits per heavy atom. The smallest absolute Gasteiger partial charge is 0.241 e. The number of nitrogens with two attached hydrogens (primary N) is 1. The first-order chi connectivity index (χ1) is 14.3. The Bertz CT molecular complexity index is 1320. The summed E-state index contributed by atoms with van der Waals surface area (Å²) in [6.07, 6.45) is 5.46. The van der Waals surface area contributed by atoms with Crippen molar-refractivity contribution < 1.29 is 13.2 Å². The Labute approximate surface area is 172 Å². The molecule has 3 fully saturated rings. The van der Waals surface area contributed by atoms with Gasteiger partial charge >= 0.3 is 0 Å². The summed E-state index contributed by atoms with van der Waals surface area (Å²) in [7, 11) is -2.29. The van der Waals surface area contributed by atoms with Gasteiger partial charge in [-0.2, -0.15) is 5.26 Å². The van der Waals surface area contributed by atoms with E-state index in [4.69, 9.17) is 10.5 Å². The van der Waals surface area contributed by atoms with Crippen LogP contribution < -0.4 is 15.2 Å². The maximum atomic E-state index is 13.1. The van der Waals surface area contributed by atoms with Crippen LogP contribution in [0.15, 0.2) is 35.6 Å². The normalized spacial score (nSPS) is 25.1. The monoisotopic (exact) mass is 425 g/mol. The fourth-order valence-corrected chi connectivity index (χ4v) is 6.15. The fourth-order valence-electron chi connectivity index (χ4n) is 4.69. The molecule has 0 unspecified atom stereocenters. The molecular formula is C19H19N7O3S. The van der Waals surface area contributed by atoms with Crippen molar-refractivity contribution in [2.24, 2.45) is 5.41 Å². The average Bonchev–Trinajstić information content (AvgIpc) is 3.39. The van der Waals surface area contributed by atoms with E-state index < -0.39 is 15.6 Å². The zero-order valence-electron chi connectivity index (χ0n) is 16.2. The average molecular weight is 425 g/mol. The molecule has 0 amide bonds. The van der Waals surface area contributed by atoms with Crippen LogP contribution in [0.3, 0.4) is 0 Å². The quantitative estimate of drug-likeness (QED) is 0.625. The number of anilines is 1. The van der Waals surface area contributed by atoms with Gasteiger partial charge in [-0.1, -0.05) is 0 Å². The van der Waals surface area contributed by atoms with Crippen LogP contribution in [0.5, 0.6) is 5.75 Å². The van der Waals surface area contributed by atoms with Crippen molar-refractivity contribution in [1.82, 2.24) is 24.1 Å². The van der Waals surface area contributed by atoms with E-state index in [9.17, 15) is 13.7 Å². The number of hydrogen-bond donors (Lipinski definition) is 2. The number of methoxy groups -OCH3 is 1. The summed E-state index contributed by atoms with van der Waals surface area (Å²) in [4.78, 5) is 12.5. The molecule has 3 aliphatic rings. The summed E-state index contributed by atoms with van der Waals surface area (Å²) in [5, 5.41) is 9.32. The largest absolute Gasteiger partial charge is 0.496 e. The predicted molar refractivity (Wildman–Crippen MR) is 107 cm³/mol. The van der Waals surface area contributed by atoms with Gasteiger partial charge in [0.2, 0.25) is 21.7 Å². The highest BCUT2D eigenvalue weighted by Gasteiger charge is 2.62. The van der Waals surface area contributed by atoms with Gasteiger partial charge in [0.25, 0.3) is 0 Å². The summed E-state index contributed by atoms with van der Waals surface area (Å²) in [6.45, 7) is 0. The van der Waals surface area contributed by atoms with Gasteiger partial charge in [0.05, 0.1) is 29.2 Å². The number of nitrogens with one attached hydrogen (secondary N) is 1. The van der Waals surface area contributed by atoms with Gasteiger partial charge in [-0.25, -0.2) is 28.1 Å². The van der Waals surface area contributed by atoms with E-state index in [2.05, 4.69) is 25.7 Å². The molecule has 3 N–H and O–H groups in total.